The molecule has 0 spiro atoms. The van der Waals surface area contributed by atoms with Crippen LogP contribution in [0, 0.1) is 5.82 Å². The average molecular weight is 450 g/mol. The van der Waals surface area contributed by atoms with E-state index in [1.165, 1.54) is 28.9 Å². The number of carbonyl (C=O) groups is 1. The zero-order valence-corrected chi connectivity index (χ0v) is 18.0. The first kappa shape index (κ1) is 21.5. The van der Waals surface area contributed by atoms with E-state index >= 15 is 0 Å². The fourth-order valence-corrected chi connectivity index (χ4v) is 3.92. The molecule has 6 nitrogen and oxygen atoms in total. The molecule has 0 saturated carbocycles. The van der Waals surface area contributed by atoms with E-state index in [1.807, 2.05) is 18.2 Å². The van der Waals surface area contributed by atoms with Crippen LogP contribution in [0.15, 0.2) is 90.0 Å². The Labute approximate surface area is 185 Å². The minimum absolute atomic E-state index is 0.0233. The molecule has 0 fully saturated rings. The maximum absolute atomic E-state index is 13.4. The first-order valence-electron chi connectivity index (χ1n) is 9.78. The van der Waals surface area contributed by atoms with Crippen molar-refractivity contribution in [3.8, 4) is 22.4 Å². The number of benzene rings is 3. The quantitative estimate of drug-likeness (QED) is 0.473. The number of hydrogen-bond donors (Lipinski definition) is 1. The highest BCUT2D eigenvalue weighted by molar-refractivity contribution is 7.90. The molecule has 1 heterocycles. The van der Waals surface area contributed by atoms with Gasteiger partial charge in [0.25, 0.3) is 0 Å². The van der Waals surface area contributed by atoms with Gasteiger partial charge in [-0.3, -0.25) is 9.48 Å². The lowest BCUT2D eigenvalue weighted by Crippen LogP contribution is -2.19. The largest absolute Gasteiger partial charge is 0.324 e. The van der Waals surface area contributed by atoms with Crippen molar-refractivity contribution in [1.29, 1.82) is 0 Å². The van der Waals surface area contributed by atoms with E-state index in [0.717, 1.165) is 11.8 Å². The van der Waals surface area contributed by atoms with Crippen molar-refractivity contribution in [3.05, 3.63) is 90.9 Å². The monoisotopic (exact) mass is 449 g/mol. The minimum atomic E-state index is -3.33. The zero-order valence-electron chi connectivity index (χ0n) is 17.2. The number of rotatable bonds is 6. The van der Waals surface area contributed by atoms with Crippen LogP contribution in [0.2, 0.25) is 0 Å². The summed E-state index contributed by atoms with van der Waals surface area (Å²) in [5.41, 5.74) is 3.34. The van der Waals surface area contributed by atoms with Crippen molar-refractivity contribution in [2.45, 2.75) is 11.4 Å². The summed E-state index contributed by atoms with van der Waals surface area (Å²) in [6, 6.07) is 21.4. The second kappa shape index (κ2) is 8.76. The lowest BCUT2D eigenvalue weighted by Gasteiger charge is -2.05. The van der Waals surface area contributed by atoms with Gasteiger partial charge in [-0.25, -0.2) is 12.8 Å². The average Bonchev–Trinajstić information content (AvgIpc) is 3.18. The molecule has 162 valence electrons. The number of anilines is 1. The summed E-state index contributed by atoms with van der Waals surface area (Å²) in [6.45, 7) is -0.0233. The number of nitrogens with one attached hydrogen (secondary N) is 1. The van der Waals surface area contributed by atoms with Gasteiger partial charge in [0.15, 0.2) is 9.84 Å². The molecule has 0 bridgehead atoms. The molecular weight excluding hydrogens is 429 g/mol. The van der Waals surface area contributed by atoms with Gasteiger partial charge in [-0.2, -0.15) is 5.10 Å². The fourth-order valence-electron chi connectivity index (χ4n) is 3.29. The summed E-state index contributed by atoms with van der Waals surface area (Å²) in [5, 5.41) is 7.38. The molecular formula is C24H20FN3O3S. The molecule has 0 unspecified atom stereocenters. The Morgan fingerprint density at radius 1 is 0.938 bits per heavy atom. The Kier molecular flexibility index (Phi) is 5.87. The summed E-state index contributed by atoms with van der Waals surface area (Å²) in [5.74, 6) is -0.606. The van der Waals surface area contributed by atoms with Gasteiger partial charge in [0.05, 0.1) is 4.90 Å². The Balaban J connectivity index is 1.68. The molecule has 32 heavy (non-hydrogen) atoms. The predicted octanol–water partition coefficient (Wildman–Crippen LogP) is 4.40. The van der Waals surface area contributed by atoms with Gasteiger partial charge >= 0.3 is 0 Å². The van der Waals surface area contributed by atoms with Crippen LogP contribution in [0.4, 0.5) is 10.1 Å². The van der Waals surface area contributed by atoms with Crippen molar-refractivity contribution in [2.75, 3.05) is 11.6 Å². The molecule has 4 rings (SSSR count). The second-order valence-corrected chi connectivity index (χ2v) is 9.32. The van der Waals surface area contributed by atoms with Gasteiger partial charge in [-0.1, -0.05) is 42.5 Å². The van der Waals surface area contributed by atoms with Gasteiger partial charge in [0.2, 0.25) is 5.91 Å². The van der Waals surface area contributed by atoms with E-state index in [1.54, 1.807) is 42.6 Å². The molecule has 0 atom stereocenters. The van der Waals surface area contributed by atoms with E-state index in [-0.39, 0.29) is 23.2 Å². The van der Waals surface area contributed by atoms with Crippen LogP contribution >= 0.6 is 0 Å². The van der Waals surface area contributed by atoms with Crippen molar-refractivity contribution in [3.63, 3.8) is 0 Å². The number of amides is 1. The number of sulfone groups is 1. The van der Waals surface area contributed by atoms with Crippen LogP contribution in [0.5, 0.6) is 0 Å². The Hall–Kier alpha value is -3.78. The van der Waals surface area contributed by atoms with Crippen LogP contribution in [0.3, 0.4) is 0 Å². The molecule has 0 saturated heterocycles. The minimum Gasteiger partial charge on any atom is -0.324 e. The van der Waals surface area contributed by atoms with Crippen molar-refractivity contribution in [1.82, 2.24) is 9.78 Å². The van der Waals surface area contributed by atoms with Gasteiger partial charge in [0.1, 0.15) is 18.1 Å². The van der Waals surface area contributed by atoms with E-state index in [0.29, 0.717) is 22.5 Å². The zero-order chi connectivity index (χ0) is 22.7. The summed E-state index contributed by atoms with van der Waals surface area (Å²) in [4.78, 5) is 12.7. The number of para-hydroxylation sites is 1. The summed E-state index contributed by atoms with van der Waals surface area (Å²) >= 11 is 0. The summed E-state index contributed by atoms with van der Waals surface area (Å²) in [7, 11) is -3.33. The van der Waals surface area contributed by atoms with Gasteiger partial charge in [0, 0.05) is 29.3 Å². The highest BCUT2D eigenvalue weighted by Gasteiger charge is 2.16. The van der Waals surface area contributed by atoms with E-state index in [4.69, 9.17) is 0 Å². The third kappa shape index (κ3) is 4.92. The number of aromatic nitrogens is 2. The van der Waals surface area contributed by atoms with Crippen LogP contribution in [-0.2, 0) is 21.2 Å². The van der Waals surface area contributed by atoms with Crippen LogP contribution < -0.4 is 5.32 Å². The summed E-state index contributed by atoms with van der Waals surface area (Å²) in [6.07, 6.45) is 2.86. The predicted molar refractivity (Wildman–Crippen MR) is 121 cm³/mol. The molecule has 3 aromatic carbocycles. The molecule has 0 radical (unpaired) electrons. The van der Waals surface area contributed by atoms with Gasteiger partial charge < -0.3 is 5.32 Å². The first-order chi connectivity index (χ1) is 15.3. The van der Waals surface area contributed by atoms with Crippen LogP contribution in [0.25, 0.3) is 22.4 Å². The number of halogens is 1. The second-order valence-electron chi connectivity index (χ2n) is 7.31. The van der Waals surface area contributed by atoms with Crippen molar-refractivity contribution in [2.24, 2.45) is 0 Å². The maximum Gasteiger partial charge on any atom is 0.246 e. The SMILES string of the molecule is CS(=O)(=O)c1ccc(-c2nn(CC(=O)Nc3ccccc3)cc2-c2ccc(F)cc2)cc1. The smallest absolute Gasteiger partial charge is 0.246 e. The fraction of sp³-hybridized carbons (Fsp3) is 0.0833. The van der Waals surface area contributed by atoms with Crippen LogP contribution in [0.1, 0.15) is 0 Å². The van der Waals surface area contributed by atoms with Gasteiger partial charge in [-0.05, 0) is 42.0 Å². The Morgan fingerprint density at radius 3 is 2.19 bits per heavy atom. The standard InChI is InChI=1S/C24H20FN3O3S/c1-32(30,31)21-13-9-18(10-14-21)24-22(17-7-11-19(25)12-8-17)15-28(27-24)16-23(29)26-20-5-3-2-4-6-20/h2-15H,16H2,1H3,(H,26,29). The maximum atomic E-state index is 13.4. The van der Waals surface area contributed by atoms with Crippen molar-refractivity contribution >= 4 is 21.4 Å². The van der Waals surface area contributed by atoms with Crippen molar-refractivity contribution < 1.29 is 17.6 Å². The molecule has 1 N–H and O–H groups in total. The Morgan fingerprint density at radius 2 is 1.56 bits per heavy atom. The van der Waals surface area contributed by atoms with E-state index in [9.17, 15) is 17.6 Å². The number of nitrogens with zero attached hydrogens (tertiary/aromatic N) is 2. The Bertz CT molecular complexity index is 1350. The topological polar surface area (TPSA) is 81.1 Å². The third-order valence-corrected chi connectivity index (χ3v) is 5.96. The first-order valence-corrected chi connectivity index (χ1v) is 11.7. The van der Waals surface area contributed by atoms with Gasteiger partial charge in [-0.15, -0.1) is 0 Å². The summed E-state index contributed by atoms with van der Waals surface area (Å²) < 4.78 is 38.5. The molecule has 8 heteroatoms. The highest BCUT2D eigenvalue weighted by atomic mass is 32.2. The molecule has 1 amide bonds. The van der Waals surface area contributed by atoms with Crippen LogP contribution in [-0.4, -0.2) is 30.4 Å². The number of carbonyl (C=O) groups excluding carboxylic acids is 1. The molecule has 0 aliphatic carbocycles. The van der Waals surface area contributed by atoms with E-state index in [2.05, 4.69) is 10.4 Å². The lowest BCUT2D eigenvalue weighted by atomic mass is 10.0. The third-order valence-electron chi connectivity index (χ3n) is 4.84. The van der Waals surface area contributed by atoms with E-state index < -0.39 is 9.84 Å². The lowest BCUT2D eigenvalue weighted by molar-refractivity contribution is -0.116. The highest BCUT2D eigenvalue weighted by Crippen LogP contribution is 2.32. The normalized spacial score (nSPS) is 11.3. The molecule has 0 aliphatic heterocycles. The number of hydrogen-bond acceptors (Lipinski definition) is 4. The molecule has 1 aromatic heterocycles. The molecule has 0 aliphatic rings. The molecule has 4 aromatic rings.